The van der Waals surface area contributed by atoms with Crippen LogP contribution in [-0.2, 0) is 14.6 Å². The highest BCUT2D eigenvalue weighted by molar-refractivity contribution is 7.91. The van der Waals surface area contributed by atoms with Crippen LogP contribution in [0.15, 0.2) is 41.3 Å². The van der Waals surface area contributed by atoms with Gasteiger partial charge in [0, 0.05) is 13.0 Å². The summed E-state index contributed by atoms with van der Waals surface area (Å²) in [4.78, 5) is 10.8. The third-order valence-corrected chi connectivity index (χ3v) is 5.07. The number of carbonyl (C=O) groups excluding carboxylic acids is 1. The van der Waals surface area contributed by atoms with Crippen molar-refractivity contribution in [3.63, 3.8) is 0 Å². The first kappa shape index (κ1) is 18.2. The molecule has 0 heterocycles. The maximum atomic E-state index is 14.1. The van der Waals surface area contributed by atoms with Gasteiger partial charge in [0.2, 0.25) is 0 Å². The molecule has 128 valence electrons. The Labute approximate surface area is 143 Å². The Balaban J connectivity index is 2.33. The molecular formula is C16H14ClFO5S. The minimum Gasteiger partial charge on any atom is -0.453 e. The fourth-order valence-electron chi connectivity index (χ4n) is 1.83. The summed E-state index contributed by atoms with van der Waals surface area (Å²) in [5.74, 6) is -1.45. The molecule has 24 heavy (non-hydrogen) atoms. The van der Waals surface area contributed by atoms with Gasteiger partial charge in [-0.1, -0.05) is 18.5 Å². The van der Waals surface area contributed by atoms with E-state index in [0.29, 0.717) is 0 Å². The third kappa shape index (κ3) is 4.24. The van der Waals surface area contributed by atoms with Crippen molar-refractivity contribution in [1.82, 2.24) is 0 Å². The van der Waals surface area contributed by atoms with Crippen LogP contribution in [-0.4, -0.2) is 20.1 Å². The number of carbonyl (C=O) groups is 1. The van der Waals surface area contributed by atoms with Crippen LogP contribution in [0, 0.1) is 5.82 Å². The first-order valence-electron chi connectivity index (χ1n) is 6.91. The molecule has 0 bridgehead atoms. The Bertz CT molecular complexity index is 880. The van der Waals surface area contributed by atoms with Gasteiger partial charge in [0.05, 0.1) is 15.7 Å². The molecule has 5 nitrogen and oxygen atoms in total. The number of ether oxygens (including phenoxy) is 2. The van der Waals surface area contributed by atoms with Crippen molar-refractivity contribution in [2.24, 2.45) is 0 Å². The maximum Gasteiger partial charge on any atom is 0.308 e. The van der Waals surface area contributed by atoms with Crippen LogP contribution < -0.4 is 9.47 Å². The predicted octanol–water partition coefficient (Wildman–Crippen LogP) is 3.99. The molecule has 2 aromatic carbocycles. The first-order chi connectivity index (χ1) is 11.2. The van der Waals surface area contributed by atoms with Crippen LogP contribution in [0.25, 0.3) is 0 Å². The monoisotopic (exact) mass is 372 g/mol. The Morgan fingerprint density at radius 2 is 1.88 bits per heavy atom. The molecule has 0 radical (unpaired) electrons. The van der Waals surface area contributed by atoms with E-state index in [1.54, 1.807) is 0 Å². The second kappa shape index (κ2) is 7.19. The molecule has 2 aromatic rings. The lowest BCUT2D eigenvalue weighted by Crippen LogP contribution is -2.04. The molecule has 0 saturated heterocycles. The summed E-state index contributed by atoms with van der Waals surface area (Å²) >= 11 is 5.98. The molecule has 8 heteroatoms. The average Bonchev–Trinajstić information content (AvgIpc) is 2.51. The molecule has 0 N–H and O–H groups in total. The topological polar surface area (TPSA) is 69.7 Å². The number of halogens is 2. The molecule has 0 unspecified atom stereocenters. The van der Waals surface area contributed by atoms with Gasteiger partial charge in [-0.05, 0) is 30.3 Å². The van der Waals surface area contributed by atoms with Gasteiger partial charge in [-0.3, -0.25) is 4.79 Å². The molecular weight excluding hydrogens is 359 g/mol. The van der Waals surface area contributed by atoms with E-state index in [2.05, 4.69) is 0 Å². The Hall–Kier alpha value is -2.12. The van der Waals surface area contributed by atoms with Gasteiger partial charge in [0.25, 0.3) is 0 Å². The summed E-state index contributed by atoms with van der Waals surface area (Å²) in [6, 6.07) is 7.57. The highest BCUT2D eigenvalue weighted by Gasteiger charge is 2.16. The summed E-state index contributed by atoms with van der Waals surface area (Å²) in [7, 11) is -3.52. The second-order valence-corrected chi connectivity index (χ2v) is 7.47. The zero-order chi connectivity index (χ0) is 17.9. The van der Waals surface area contributed by atoms with Crippen molar-refractivity contribution in [1.29, 1.82) is 0 Å². The molecule has 0 aromatic heterocycles. The van der Waals surface area contributed by atoms with Crippen LogP contribution in [0.1, 0.15) is 13.8 Å². The molecule has 0 aliphatic carbocycles. The highest BCUT2D eigenvalue weighted by Crippen LogP contribution is 2.34. The molecule has 0 aliphatic heterocycles. The minimum absolute atomic E-state index is 0.0698. The van der Waals surface area contributed by atoms with Crippen LogP contribution >= 0.6 is 11.6 Å². The summed E-state index contributed by atoms with van der Waals surface area (Å²) in [5.41, 5.74) is 0. The van der Waals surface area contributed by atoms with E-state index >= 15 is 0 Å². The number of hydrogen-bond donors (Lipinski definition) is 0. The lowest BCUT2D eigenvalue weighted by atomic mass is 10.3. The number of sulfone groups is 1. The SMILES string of the molecule is CCS(=O)(=O)c1ccc(Oc2cc(OC(C)=O)ccc2Cl)c(F)c1. The number of benzene rings is 2. The van der Waals surface area contributed by atoms with Crippen molar-refractivity contribution >= 4 is 27.4 Å². The fraction of sp³-hybridized carbons (Fsp3) is 0.188. The second-order valence-electron chi connectivity index (χ2n) is 4.78. The summed E-state index contributed by atoms with van der Waals surface area (Å²) in [6.45, 7) is 2.71. The van der Waals surface area contributed by atoms with Gasteiger partial charge >= 0.3 is 5.97 Å². The van der Waals surface area contributed by atoms with Crippen molar-refractivity contribution < 1.29 is 27.1 Å². The first-order valence-corrected chi connectivity index (χ1v) is 8.94. The van der Waals surface area contributed by atoms with Crippen LogP contribution in [0.4, 0.5) is 4.39 Å². The molecule has 0 fully saturated rings. The summed E-state index contributed by atoms with van der Waals surface area (Å²) < 4.78 is 47.9. The van der Waals surface area contributed by atoms with E-state index in [4.69, 9.17) is 21.1 Å². The lowest BCUT2D eigenvalue weighted by molar-refractivity contribution is -0.131. The van der Waals surface area contributed by atoms with Gasteiger partial charge in [-0.2, -0.15) is 0 Å². The van der Waals surface area contributed by atoms with Gasteiger partial charge in [0.15, 0.2) is 21.4 Å². The van der Waals surface area contributed by atoms with E-state index < -0.39 is 21.6 Å². The van der Waals surface area contributed by atoms with Crippen molar-refractivity contribution in [2.75, 3.05) is 5.75 Å². The summed E-state index contributed by atoms with van der Waals surface area (Å²) in [5, 5.41) is 0.176. The lowest BCUT2D eigenvalue weighted by Gasteiger charge is -2.11. The van der Waals surface area contributed by atoms with Crippen molar-refractivity contribution in [2.45, 2.75) is 18.7 Å². The molecule has 0 aliphatic rings. The van der Waals surface area contributed by atoms with Gasteiger partial charge < -0.3 is 9.47 Å². The Morgan fingerprint density at radius 1 is 1.17 bits per heavy atom. The largest absolute Gasteiger partial charge is 0.453 e. The smallest absolute Gasteiger partial charge is 0.308 e. The summed E-state index contributed by atoms with van der Waals surface area (Å²) in [6.07, 6.45) is 0. The predicted molar refractivity (Wildman–Crippen MR) is 87.0 cm³/mol. The zero-order valence-electron chi connectivity index (χ0n) is 12.9. The van der Waals surface area contributed by atoms with Crippen molar-refractivity contribution in [3.8, 4) is 17.2 Å². The highest BCUT2D eigenvalue weighted by atomic mass is 35.5. The van der Waals surface area contributed by atoms with E-state index in [9.17, 15) is 17.6 Å². The molecule has 2 rings (SSSR count). The fourth-order valence-corrected chi connectivity index (χ4v) is 2.88. The van der Waals surface area contributed by atoms with Crippen LogP contribution in [0.5, 0.6) is 17.2 Å². The molecule has 0 atom stereocenters. The van der Waals surface area contributed by atoms with E-state index in [-0.39, 0.29) is 32.9 Å². The van der Waals surface area contributed by atoms with E-state index in [1.807, 2.05) is 0 Å². The van der Waals surface area contributed by atoms with Crippen LogP contribution in [0.2, 0.25) is 5.02 Å². The Morgan fingerprint density at radius 3 is 2.46 bits per heavy atom. The average molecular weight is 373 g/mol. The number of hydrogen-bond acceptors (Lipinski definition) is 5. The molecule has 0 amide bonds. The Kier molecular flexibility index (Phi) is 5.46. The zero-order valence-corrected chi connectivity index (χ0v) is 14.4. The number of rotatable bonds is 5. The van der Waals surface area contributed by atoms with Crippen LogP contribution in [0.3, 0.4) is 0 Å². The normalized spacial score (nSPS) is 11.2. The molecule has 0 saturated carbocycles. The minimum atomic E-state index is -3.52. The molecule has 0 spiro atoms. The van der Waals surface area contributed by atoms with Gasteiger partial charge in [-0.15, -0.1) is 0 Å². The van der Waals surface area contributed by atoms with E-state index in [0.717, 1.165) is 6.07 Å². The van der Waals surface area contributed by atoms with Gasteiger partial charge in [-0.25, -0.2) is 12.8 Å². The third-order valence-electron chi connectivity index (χ3n) is 3.03. The van der Waals surface area contributed by atoms with E-state index in [1.165, 1.54) is 44.2 Å². The standard InChI is InChI=1S/C16H14ClFO5S/c1-3-24(20,21)12-5-7-15(14(18)9-12)23-16-8-11(22-10(2)19)4-6-13(16)17/h4-9H,3H2,1-2H3. The number of esters is 1. The van der Waals surface area contributed by atoms with Gasteiger partial charge in [0.1, 0.15) is 11.5 Å². The van der Waals surface area contributed by atoms with Crippen molar-refractivity contribution in [3.05, 3.63) is 47.2 Å². The quantitative estimate of drug-likeness (QED) is 0.586. The maximum absolute atomic E-state index is 14.1.